The van der Waals surface area contributed by atoms with Gasteiger partial charge in [0.25, 0.3) is 0 Å². The van der Waals surface area contributed by atoms with Gasteiger partial charge >= 0.3 is 0 Å². The molecular weight excluding hydrogens is 228 g/mol. The number of rotatable bonds is 4. The van der Waals surface area contributed by atoms with Crippen molar-refractivity contribution >= 4 is 5.91 Å². The van der Waals surface area contributed by atoms with Crippen molar-refractivity contribution in [2.75, 3.05) is 13.1 Å². The Morgan fingerprint density at radius 1 is 1.56 bits per heavy atom. The molecule has 5 nitrogen and oxygen atoms in total. The summed E-state index contributed by atoms with van der Waals surface area (Å²) in [6, 6.07) is 2.08. The molecule has 1 aromatic heterocycles. The monoisotopic (exact) mass is 250 g/mol. The van der Waals surface area contributed by atoms with E-state index in [2.05, 4.69) is 12.0 Å². The van der Waals surface area contributed by atoms with Crippen molar-refractivity contribution in [1.82, 2.24) is 14.7 Å². The van der Waals surface area contributed by atoms with Crippen molar-refractivity contribution in [3.63, 3.8) is 0 Å². The average molecular weight is 250 g/mol. The van der Waals surface area contributed by atoms with Crippen LogP contribution in [0.3, 0.4) is 0 Å². The molecule has 1 saturated heterocycles. The Hall–Kier alpha value is -1.36. The molecule has 1 aromatic rings. The Morgan fingerprint density at radius 2 is 2.39 bits per heavy atom. The molecule has 1 aliphatic rings. The summed E-state index contributed by atoms with van der Waals surface area (Å²) >= 11 is 0. The van der Waals surface area contributed by atoms with Crippen LogP contribution in [0.5, 0.6) is 0 Å². The fourth-order valence-electron chi connectivity index (χ4n) is 2.70. The first-order chi connectivity index (χ1) is 8.72. The summed E-state index contributed by atoms with van der Waals surface area (Å²) in [6.45, 7) is 4.25. The maximum Gasteiger partial charge on any atom is 0.224 e. The van der Waals surface area contributed by atoms with Crippen LogP contribution in [-0.2, 0) is 11.3 Å². The topological polar surface area (TPSA) is 64.2 Å². The normalized spacial score (nSPS) is 24.2. The van der Waals surface area contributed by atoms with Crippen LogP contribution >= 0.6 is 0 Å². The van der Waals surface area contributed by atoms with E-state index in [1.807, 2.05) is 17.2 Å². The van der Waals surface area contributed by atoms with Gasteiger partial charge in [-0.15, -0.1) is 0 Å². The Morgan fingerprint density at radius 3 is 3.06 bits per heavy atom. The standard InChI is InChI=1S/C13H22N4O/c1-11-4-2-8-17(12(11)10-14)13(18)5-9-16-7-3-6-15-16/h3,6-7,11-12H,2,4-5,8-10,14H2,1H3. The van der Waals surface area contributed by atoms with Crippen LogP contribution in [-0.4, -0.2) is 39.7 Å². The number of piperidine rings is 1. The van der Waals surface area contributed by atoms with E-state index in [1.165, 1.54) is 6.42 Å². The number of carbonyl (C=O) groups is 1. The molecule has 0 aromatic carbocycles. The molecule has 2 rings (SSSR count). The van der Waals surface area contributed by atoms with Crippen LogP contribution in [0, 0.1) is 5.92 Å². The zero-order valence-corrected chi connectivity index (χ0v) is 11.0. The summed E-state index contributed by atoms with van der Waals surface area (Å²) in [5.41, 5.74) is 5.80. The molecule has 2 N–H and O–H groups in total. The van der Waals surface area contributed by atoms with E-state index in [0.717, 1.165) is 13.0 Å². The lowest BCUT2D eigenvalue weighted by Crippen LogP contribution is -2.51. The first kappa shape index (κ1) is 13.1. The SMILES string of the molecule is CC1CCCN(C(=O)CCn2cccn2)C1CN. The highest BCUT2D eigenvalue weighted by molar-refractivity contribution is 5.76. The van der Waals surface area contributed by atoms with Gasteiger partial charge in [0.15, 0.2) is 0 Å². The van der Waals surface area contributed by atoms with Crippen LogP contribution in [0.4, 0.5) is 0 Å². The lowest BCUT2D eigenvalue weighted by atomic mass is 9.90. The van der Waals surface area contributed by atoms with Gasteiger partial charge < -0.3 is 10.6 Å². The second-order valence-electron chi connectivity index (χ2n) is 5.03. The highest BCUT2D eigenvalue weighted by atomic mass is 16.2. The Kier molecular flexibility index (Phi) is 4.36. The minimum atomic E-state index is 0.201. The van der Waals surface area contributed by atoms with Crippen LogP contribution in [0.2, 0.25) is 0 Å². The number of hydrogen-bond donors (Lipinski definition) is 1. The van der Waals surface area contributed by atoms with Crippen molar-refractivity contribution in [2.45, 2.75) is 38.8 Å². The molecule has 2 unspecified atom stereocenters. The van der Waals surface area contributed by atoms with E-state index < -0.39 is 0 Å². The third kappa shape index (κ3) is 2.90. The quantitative estimate of drug-likeness (QED) is 0.862. The van der Waals surface area contributed by atoms with Gasteiger partial charge in [0, 0.05) is 44.5 Å². The molecule has 0 bridgehead atoms. The number of aryl methyl sites for hydroxylation is 1. The van der Waals surface area contributed by atoms with E-state index in [0.29, 0.717) is 25.4 Å². The van der Waals surface area contributed by atoms with Crippen LogP contribution in [0.15, 0.2) is 18.5 Å². The van der Waals surface area contributed by atoms with Crippen LogP contribution in [0.25, 0.3) is 0 Å². The summed E-state index contributed by atoms with van der Waals surface area (Å²) in [5.74, 6) is 0.713. The first-order valence-electron chi connectivity index (χ1n) is 6.69. The predicted octanol–water partition coefficient (Wildman–Crippen LogP) is 0.859. The number of aromatic nitrogens is 2. The van der Waals surface area contributed by atoms with Crippen molar-refractivity contribution in [1.29, 1.82) is 0 Å². The molecule has 100 valence electrons. The highest BCUT2D eigenvalue weighted by Gasteiger charge is 2.30. The van der Waals surface area contributed by atoms with Crippen molar-refractivity contribution in [2.24, 2.45) is 11.7 Å². The predicted molar refractivity (Wildman–Crippen MR) is 69.8 cm³/mol. The van der Waals surface area contributed by atoms with Gasteiger partial charge in [0.1, 0.15) is 0 Å². The van der Waals surface area contributed by atoms with Gasteiger partial charge in [-0.05, 0) is 24.8 Å². The van der Waals surface area contributed by atoms with Gasteiger partial charge in [-0.1, -0.05) is 6.92 Å². The molecule has 1 amide bonds. The Balaban J connectivity index is 1.90. The maximum absolute atomic E-state index is 12.2. The summed E-state index contributed by atoms with van der Waals surface area (Å²) in [7, 11) is 0. The molecular formula is C13H22N4O. The smallest absolute Gasteiger partial charge is 0.224 e. The molecule has 0 spiro atoms. The Bertz CT molecular complexity index is 376. The third-order valence-electron chi connectivity index (χ3n) is 3.79. The zero-order valence-electron chi connectivity index (χ0n) is 11.0. The summed E-state index contributed by atoms with van der Waals surface area (Å²) < 4.78 is 1.79. The van der Waals surface area contributed by atoms with E-state index in [-0.39, 0.29) is 11.9 Å². The first-order valence-corrected chi connectivity index (χ1v) is 6.69. The van der Waals surface area contributed by atoms with Gasteiger partial charge in [-0.3, -0.25) is 9.48 Å². The lowest BCUT2D eigenvalue weighted by Gasteiger charge is -2.39. The highest BCUT2D eigenvalue weighted by Crippen LogP contribution is 2.23. The minimum Gasteiger partial charge on any atom is -0.338 e. The third-order valence-corrected chi connectivity index (χ3v) is 3.79. The summed E-state index contributed by atoms with van der Waals surface area (Å²) in [4.78, 5) is 14.2. The molecule has 18 heavy (non-hydrogen) atoms. The van der Waals surface area contributed by atoms with Gasteiger partial charge in [0.05, 0.1) is 0 Å². The number of carbonyl (C=O) groups excluding carboxylic acids is 1. The molecule has 2 heterocycles. The molecule has 2 atom stereocenters. The largest absolute Gasteiger partial charge is 0.338 e. The molecule has 0 radical (unpaired) electrons. The summed E-state index contributed by atoms with van der Waals surface area (Å²) in [5, 5.41) is 4.11. The molecule has 0 saturated carbocycles. The number of nitrogens with zero attached hydrogens (tertiary/aromatic N) is 3. The lowest BCUT2D eigenvalue weighted by molar-refractivity contribution is -0.136. The fourth-order valence-corrected chi connectivity index (χ4v) is 2.70. The average Bonchev–Trinajstić information content (AvgIpc) is 2.88. The molecule has 0 aliphatic carbocycles. The number of nitrogens with two attached hydrogens (primary N) is 1. The maximum atomic E-state index is 12.2. The van der Waals surface area contributed by atoms with Gasteiger partial charge in [-0.25, -0.2) is 0 Å². The second kappa shape index (κ2) is 6.00. The molecule has 1 aliphatic heterocycles. The van der Waals surface area contributed by atoms with Crippen LogP contribution < -0.4 is 5.73 Å². The minimum absolute atomic E-state index is 0.201. The number of likely N-dealkylation sites (tertiary alicyclic amines) is 1. The van der Waals surface area contributed by atoms with Gasteiger partial charge in [0.2, 0.25) is 5.91 Å². The zero-order chi connectivity index (χ0) is 13.0. The number of amides is 1. The van der Waals surface area contributed by atoms with Crippen molar-refractivity contribution < 1.29 is 4.79 Å². The molecule has 5 heteroatoms. The van der Waals surface area contributed by atoms with E-state index in [9.17, 15) is 4.79 Å². The van der Waals surface area contributed by atoms with Gasteiger partial charge in [-0.2, -0.15) is 5.10 Å². The molecule has 1 fully saturated rings. The van der Waals surface area contributed by atoms with Crippen molar-refractivity contribution in [3.05, 3.63) is 18.5 Å². The van der Waals surface area contributed by atoms with E-state index in [4.69, 9.17) is 5.73 Å². The van der Waals surface area contributed by atoms with Crippen molar-refractivity contribution in [3.8, 4) is 0 Å². The van der Waals surface area contributed by atoms with Crippen LogP contribution in [0.1, 0.15) is 26.2 Å². The fraction of sp³-hybridized carbons (Fsp3) is 0.692. The second-order valence-corrected chi connectivity index (χ2v) is 5.03. The van der Waals surface area contributed by atoms with E-state index >= 15 is 0 Å². The van der Waals surface area contributed by atoms with E-state index in [1.54, 1.807) is 10.9 Å². The Labute approximate surface area is 108 Å². The number of hydrogen-bond acceptors (Lipinski definition) is 3. The summed E-state index contributed by atoms with van der Waals surface area (Å²) in [6.07, 6.45) is 6.38.